The number of nitrogens with zero attached hydrogens (tertiary/aromatic N) is 4. The number of fused-ring (bicyclic) bond motifs is 1. The van der Waals surface area contributed by atoms with Crippen molar-refractivity contribution in [2.24, 2.45) is 0 Å². The molecule has 4 aromatic rings. The highest BCUT2D eigenvalue weighted by atomic mass is 16.5. The molecule has 0 aliphatic carbocycles. The molecule has 0 saturated carbocycles. The van der Waals surface area contributed by atoms with E-state index in [1.807, 2.05) is 67.1 Å². The Balaban J connectivity index is 1.76. The summed E-state index contributed by atoms with van der Waals surface area (Å²) in [5.41, 5.74) is 3.45. The van der Waals surface area contributed by atoms with Crippen molar-refractivity contribution < 1.29 is 9.53 Å². The molecule has 0 atom stereocenters. The summed E-state index contributed by atoms with van der Waals surface area (Å²) >= 11 is 0. The van der Waals surface area contributed by atoms with E-state index in [0.717, 1.165) is 5.56 Å². The number of hydrogen-bond acceptors (Lipinski definition) is 5. The van der Waals surface area contributed by atoms with Gasteiger partial charge < -0.3 is 4.74 Å². The van der Waals surface area contributed by atoms with Crippen LogP contribution in [0.15, 0.2) is 67.0 Å². The zero-order valence-corrected chi connectivity index (χ0v) is 15.7. The van der Waals surface area contributed by atoms with Gasteiger partial charge in [-0.25, -0.2) is 14.5 Å². The second-order valence-corrected chi connectivity index (χ2v) is 6.74. The van der Waals surface area contributed by atoms with Crippen LogP contribution in [0.4, 0.5) is 0 Å². The summed E-state index contributed by atoms with van der Waals surface area (Å²) in [5.74, 6) is -0.418. The Morgan fingerprint density at radius 2 is 1.89 bits per heavy atom. The van der Waals surface area contributed by atoms with Crippen LogP contribution in [0.1, 0.15) is 35.9 Å². The van der Waals surface area contributed by atoms with Crippen LogP contribution in [0.5, 0.6) is 0 Å². The summed E-state index contributed by atoms with van der Waals surface area (Å²) in [6.45, 7) is 4.17. The second-order valence-electron chi connectivity index (χ2n) is 6.74. The third kappa shape index (κ3) is 3.49. The predicted octanol–water partition coefficient (Wildman–Crippen LogP) is 4.43. The Morgan fingerprint density at radius 3 is 2.61 bits per heavy atom. The van der Waals surface area contributed by atoms with E-state index in [0.29, 0.717) is 28.0 Å². The molecule has 0 radical (unpaired) electrons. The van der Waals surface area contributed by atoms with Gasteiger partial charge in [-0.05, 0) is 32.0 Å². The maximum atomic E-state index is 12.9. The molecule has 0 aliphatic heterocycles. The Kier molecular flexibility index (Phi) is 4.85. The van der Waals surface area contributed by atoms with Crippen LogP contribution < -0.4 is 0 Å². The lowest BCUT2D eigenvalue weighted by molar-refractivity contribution is 0.0470. The van der Waals surface area contributed by atoms with E-state index in [1.54, 1.807) is 18.5 Å². The summed E-state index contributed by atoms with van der Waals surface area (Å²) < 4.78 is 7.33. The molecule has 0 aliphatic rings. The zero-order valence-electron chi connectivity index (χ0n) is 15.7. The van der Waals surface area contributed by atoms with Crippen LogP contribution in [-0.4, -0.2) is 25.7 Å². The number of ether oxygens (including phenoxy) is 1. The minimum Gasteiger partial charge on any atom is -0.456 e. The van der Waals surface area contributed by atoms with Gasteiger partial charge >= 0.3 is 5.97 Å². The monoisotopic (exact) mass is 372 g/mol. The number of esters is 1. The normalized spacial score (nSPS) is 11.1. The molecule has 6 heteroatoms. The van der Waals surface area contributed by atoms with Gasteiger partial charge in [-0.3, -0.25) is 4.98 Å². The number of pyridine rings is 2. The zero-order chi connectivity index (χ0) is 19.5. The SMILES string of the molecule is CC(C)n1ncc2c(C(=O)OCc3ccccn3)cc(-c3ccccc3)nc21. The first-order valence-corrected chi connectivity index (χ1v) is 9.14. The molecule has 0 fully saturated rings. The van der Waals surface area contributed by atoms with Gasteiger partial charge in [0.1, 0.15) is 6.61 Å². The van der Waals surface area contributed by atoms with E-state index in [4.69, 9.17) is 9.72 Å². The highest BCUT2D eigenvalue weighted by Crippen LogP contribution is 2.27. The van der Waals surface area contributed by atoms with E-state index in [1.165, 1.54) is 0 Å². The number of benzene rings is 1. The molecule has 1 aromatic carbocycles. The molecule has 4 rings (SSSR count). The molecule has 28 heavy (non-hydrogen) atoms. The van der Waals surface area contributed by atoms with Crippen LogP contribution in [0, 0.1) is 0 Å². The molecular formula is C22H20N4O2. The fourth-order valence-corrected chi connectivity index (χ4v) is 3.02. The van der Waals surface area contributed by atoms with Crippen molar-refractivity contribution in [1.29, 1.82) is 0 Å². The number of aromatic nitrogens is 4. The van der Waals surface area contributed by atoms with Crippen molar-refractivity contribution in [3.63, 3.8) is 0 Å². The van der Waals surface area contributed by atoms with Gasteiger partial charge in [-0.2, -0.15) is 5.10 Å². The van der Waals surface area contributed by atoms with Gasteiger partial charge in [-0.15, -0.1) is 0 Å². The third-order valence-electron chi connectivity index (χ3n) is 4.42. The lowest BCUT2D eigenvalue weighted by atomic mass is 10.1. The van der Waals surface area contributed by atoms with E-state index < -0.39 is 5.97 Å². The molecule has 3 heterocycles. The van der Waals surface area contributed by atoms with Gasteiger partial charge in [0.15, 0.2) is 5.65 Å². The van der Waals surface area contributed by atoms with Crippen molar-refractivity contribution >= 4 is 17.0 Å². The standard InChI is InChI=1S/C22H20N4O2/c1-15(2)26-21-19(13-24-26)18(12-20(25-21)16-8-4-3-5-9-16)22(27)28-14-17-10-6-7-11-23-17/h3-13,15H,14H2,1-2H3. The van der Waals surface area contributed by atoms with Gasteiger partial charge in [0.05, 0.1) is 28.5 Å². The summed E-state index contributed by atoms with van der Waals surface area (Å²) in [7, 11) is 0. The van der Waals surface area contributed by atoms with Gasteiger partial charge in [0.25, 0.3) is 0 Å². The second kappa shape index (κ2) is 7.60. The van der Waals surface area contributed by atoms with Crippen molar-refractivity contribution in [1.82, 2.24) is 19.7 Å². The lowest BCUT2D eigenvalue weighted by Crippen LogP contribution is -2.09. The molecule has 140 valence electrons. The van der Waals surface area contributed by atoms with Gasteiger partial charge in [0, 0.05) is 17.8 Å². The largest absolute Gasteiger partial charge is 0.456 e. The van der Waals surface area contributed by atoms with Crippen LogP contribution in [-0.2, 0) is 11.3 Å². The van der Waals surface area contributed by atoms with E-state index in [9.17, 15) is 4.79 Å². The molecule has 0 amide bonds. The molecule has 3 aromatic heterocycles. The maximum Gasteiger partial charge on any atom is 0.339 e. The van der Waals surface area contributed by atoms with Crippen LogP contribution in [0.25, 0.3) is 22.3 Å². The molecule has 6 nitrogen and oxygen atoms in total. The highest BCUT2D eigenvalue weighted by molar-refractivity contribution is 6.03. The summed E-state index contributed by atoms with van der Waals surface area (Å²) in [6, 6.07) is 17.2. The predicted molar refractivity (Wildman–Crippen MR) is 107 cm³/mol. The topological polar surface area (TPSA) is 69.9 Å². The Labute approximate surface area is 162 Å². The summed E-state index contributed by atoms with van der Waals surface area (Å²) in [6.07, 6.45) is 3.35. The van der Waals surface area contributed by atoms with E-state index in [-0.39, 0.29) is 12.6 Å². The first-order chi connectivity index (χ1) is 13.6. The molecule has 0 bridgehead atoms. The highest BCUT2D eigenvalue weighted by Gasteiger charge is 2.19. The average Bonchev–Trinajstić information content (AvgIpc) is 3.17. The van der Waals surface area contributed by atoms with E-state index in [2.05, 4.69) is 10.1 Å². The fraction of sp³-hybridized carbons (Fsp3) is 0.182. The first-order valence-electron chi connectivity index (χ1n) is 9.14. The molecule has 0 unspecified atom stereocenters. The van der Waals surface area contributed by atoms with Crippen LogP contribution >= 0.6 is 0 Å². The summed E-state index contributed by atoms with van der Waals surface area (Å²) in [5, 5.41) is 5.10. The smallest absolute Gasteiger partial charge is 0.339 e. The quantitative estimate of drug-likeness (QED) is 0.485. The van der Waals surface area contributed by atoms with Crippen molar-refractivity contribution in [2.75, 3.05) is 0 Å². The Bertz CT molecular complexity index is 1110. The van der Waals surface area contributed by atoms with Crippen molar-refractivity contribution in [2.45, 2.75) is 26.5 Å². The number of rotatable bonds is 5. The number of carbonyl (C=O) groups is 1. The minimum atomic E-state index is -0.418. The number of carbonyl (C=O) groups excluding carboxylic acids is 1. The van der Waals surface area contributed by atoms with E-state index >= 15 is 0 Å². The minimum absolute atomic E-state index is 0.114. The van der Waals surface area contributed by atoms with Crippen LogP contribution in [0.3, 0.4) is 0 Å². The van der Waals surface area contributed by atoms with Crippen LogP contribution in [0.2, 0.25) is 0 Å². The van der Waals surface area contributed by atoms with Crippen molar-refractivity contribution in [3.05, 3.63) is 78.2 Å². The van der Waals surface area contributed by atoms with Gasteiger partial charge in [0.2, 0.25) is 0 Å². The first kappa shape index (κ1) is 17.9. The lowest BCUT2D eigenvalue weighted by Gasteiger charge is -2.10. The summed E-state index contributed by atoms with van der Waals surface area (Å²) in [4.78, 5) is 21.8. The average molecular weight is 372 g/mol. The number of hydrogen-bond donors (Lipinski definition) is 0. The fourth-order valence-electron chi connectivity index (χ4n) is 3.02. The molecule has 0 N–H and O–H groups in total. The van der Waals surface area contributed by atoms with Gasteiger partial charge in [-0.1, -0.05) is 36.4 Å². The van der Waals surface area contributed by atoms with Crippen molar-refractivity contribution in [3.8, 4) is 11.3 Å². The third-order valence-corrected chi connectivity index (χ3v) is 4.42. The molecule has 0 saturated heterocycles. The Morgan fingerprint density at radius 1 is 1.11 bits per heavy atom. The molecule has 0 spiro atoms. The molecular weight excluding hydrogens is 352 g/mol. The Hall–Kier alpha value is -3.54. The maximum absolute atomic E-state index is 12.9.